The molecule has 4 rings (SSSR count). The molecule has 32 heavy (non-hydrogen) atoms. The Morgan fingerprint density at radius 1 is 1.09 bits per heavy atom. The number of ether oxygens (including phenoxy) is 1. The monoisotopic (exact) mass is 442 g/mol. The zero-order valence-electron chi connectivity index (χ0n) is 17.3. The van der Waals surface area contributed by atoms with Crippen molar-refractivity contribution in [3.8, 4) is 6.01 Å². The molecular weight excluding hydrogens is 421 g/mol. The third-order valence-electron chi connectivity index (χ3n) is 5.30. The van der Waals surface area contributed by atoms with Gasteiger partial charge < -0.3 is 10.1 Å². The van der Waals surface area contributed by atoms with E-state index in [2.05, 4.69) is 20.2 Å². The maximum Gasteiger partial charge on any atom is 0.416 e. The van der Waals surface area contributed by atoms with Crippen molar-refractivity contribution >= 4 is 11.6 Å². The number of nitrogens with one attached hydrogen (secondary N) is 1. The largest absolute Gasteiger partial charge is 0.467 e. The maximum absolute atomic E-state index is 12.7. The number of nitrogens with zero attached hydrogens (tertiary/aromatic N) is 3. The van der Waals surface area contributed by atoms with Gasteiger partial charge in [0.1, 0.15) is 0 Å². The minimum Gasteiger partial charge on any atom is -0.467 e. The van der Waals surface area contributed by atoms with Crippen LogP contribution in [0.3, 0.4) is 0 Å². The lowest BCUT2D eigenvalue weighted by Crippen LogP contribution is -2.30. The third-order valence-corrected chi connectivity index (χ3v) is 5.30. The molecule has 6 nitrogen and oxygen atoms in total. The molecule has 0 saturated carbocycles. The van der Waals surface area contributed by atoms with Gasteiger partial charge in [0.2, 0.25) is 0 Å². The molecule has 3 aromatic rings. The summed E-state index contributed by atoms with van der Waals surface area (Å²) in [5.41, 5.74) is 3.25. The Kier molecular flexibility index (Phi) is 6.09. The number of methoxy groups -OCH3 is 1. The molecule has 1 aliphatic rings. The van der Waals surface area contributed by atoms with E-state index in [4.69, 9.17) is 4.74 Å². The van der Waals surface area contributed by atoms with Gasteiger partial charge in [-0.15, -0.1) is 0 Å². The molecule has 9 heteroatoms. The molecule has 166 valence electrons. The fourth-order valence-corrected chi connectivity index (χ4v) is 3.63. The third kappa shape index (κ3) is 5.05. The van der Waals surface area contributed by atoms with E-state index in [0.717, 1.165) is 36.2 Å². The van der Waals surface area contributed by atoms with Crippen LogP contribution in [0, 0.1) is 0 Å². The van der Waals surface area contributed by atoms with Gasteiger partial charge in [-0.05, 0) is 53.9 Å². The highest BCUT2D eigenvalue weighted by Gasteiger charge is 2.30. The molecule has 0 saturated heterocycles. The van der Waals surface area contributed by atoms with E-state index in [0.29, 0.717) is 24.8 Å². The Bertz CT molecular complexity index is 1100. The van der Waals surface area contributed by atoms with E-state index in [9.17, 15) is 18.0 Å². The molecule has 2 aromatic carbocycles. The average Bonchev–Trinajstić information content (AvgIpc) is 2.79. The number of hydrogen-bond donors (Lipinski definition) is 1. The number of amides is 1. The minimum atomic E-state index is -4.43. The SMILES string of the molecule is COc1ncc(CN2CCc3ccc(NC(=O)c4ccc(C(F)(F)F)cc4)cc3C2)cn1. The summed E-state index contributed by atoms with van der Waals surface area (Å²) in [6.45, 7) is 2.27. The second-order valence-corrected chi connectivity index (χ2v) is 7.55. The molecule has 2 heterocycles. The van der Waals surface area contributed by atoms with E-state index in [1.54, 1.807) is 12.4 Å². The molecule has 0 spiro atoms. The van der Waals surface area contributed by atoms with E-state index in [1.165, 1.54) is 24.8 Å². The van der Waals surface area contributed by atoms with Crippen molar-refractivity contribution in [1.82, 2.24) is 14.9 Å². The van der Waals surface area contributed by atoms with Gasteiger partial charge in [-0.25, -0.2) is 9.97 Å². The van der Waals surface area contributed by atoms with Crippen molar-refractivity contribution in [2.24, 2.45) is 0 Å². The summed E-state index contributed by atoms with van der Waals surface area (Å²) in [6, 6.07) is 10.2. The Morgan fingerprint density at radius 3 is 2.47 bits per heavy atom. The highest BCUT2D eigenvalue weighted by atomic mass is 19.4. The van der Waals surface area contributed by atoms with E-state index >= 15 is 0 Å². The van der Waals surface area contributed by atoms with Crippen molar-refractivity contribution in [3.05, 3.63) is 82.7 Å². The Balaban J connectivity index is 1.42. The maximum atomic E-state index is 12.7. The molecule has 0 aliphatic carbocycles. The second kappa shape index (κ2) is 8.96. The minimum absolute atomic E-state index is 0.164. The van der Waals surface area contributed by atoms with Crippen molar-refractivity contribution in [2.45, 2.75) is 25.7 Å². The molecule has 1 aromatic heterocycles. The van der Waals surface area contributed by atoms with Crippen molar-refractivity contribution in [2.75, 3.05) is 19.0 Å². The van der Waals surface area contributed by atoms with E-state index in [1.807, 2.05) is 18.2 Å². The summed E-state index contributed by atoms with van der Waals surface area (Å²) < 4.78 is 43.1. The Labute approximate surface area is 183 Å². The highest BCUT2D eigenvalue weighted by molar-refractivity contribution is 6.04. The van der Waals surface area contributed by atoms with Crippen LogP contribution in [-0.4, -0.2) is 34.4 Å². The predicted octanol–water partition coefficient (Wildman–Crippen LogP) is 4.31. The molecule has 0 atom stereocenters. The van der Waals surface area contributed by atoms with E-state index < -0.39 is 17.6 Å². The van der Waals surface area contributed by atoms with Gasteiger partial charge in [-0.3, -0.25) is 9.69 Å². The van der Waals surface area contributed by atoms with Gasteiger partial charge in [0.25, 0.3) is 5.91 Å². The molecular formula is C23H21F3N4O2. The fourth-order valence-electron chi connectivity index (χ4n) is 3.63. The molecule has 0 fully saturated rings. The van der Waals surface area contributed by atoms with Gasteiger partial charge >= 0.3 is 12.2 Å². The summed E-state index contributed by atoms with van der Waals surface area (Å²) in [5.74, 6) is -0.457. The van der Waals surface area contributed by atoms with Crippen LogP contribution in [0.2, 0.25) is 0 Å². The first-order valence-corrected chi connectivity index (χ1v) is 9.99. The van der Waals surface area contributed by atoms with Gasteiger partial charge in [0.15, 0.2) is 0 Å². The fraction of sp³-hybridized carbons (Fsp3) is 0.261. The van der Waals surface area contributed by atoms with Gasteiger partial charge in [-0.1, -0.05) is 6.07 Å². The number of benzene rings is 2. The van der Waals surface area contributed by atoms with Crippen molar-refractivity contribution in [1.29, 1.82) is 0 Å². The molecule has 1 amide bonds. The lowest BCUT2D eigenvalue weighted by molar-refractivity contribution is -0.137. The van der Waals surface area contributed by atoms with Crippen LogP contribution < -0.4 is 10.1 Å². The Morgan fingerprint density at radius 2 is 1.81 bits per heavy atom. The second-order valence-electron chi connectivity index (χ2n) is 7.55. The van der Waals surface area contributed by atoms with Gasteiger partial charge in [0, 0.05) is 48.8 Å². The van der Waals surface area contributed by atoms with Crippen LogP contribution in [0.15, 0.2) is 54.9 Å². The zero-order valence-corrected chi connectivity index (χ0v) is 17.3. The quantitative estimate of drug-likeness (QED) is 0.638. The van der Waals surface area contributed by atoms with Crippen LogP contribution in [0.4, 0.5) is 18.9 Å². The first kappa shape index (κ1) is 21.8. The van der Waals surface area contributed by atoms with Crippen LogP contribution >= 0.6 is 0 Å². The number of carbonyl (C=O) groups excluding carboxylic acids is 1. The molecule has 1 aliphatic heterocycles. The summed E-state index contributed by atoms with van der Waals surface area (Å²) in [6.07, 6.45) is -0.0824. The lowest BCUT2D eigenvalue weighted by atomic mass is 9.98. The number of halogens is 3. The van der Waals surface area contributed by atoms with Crippen LogP contribution in [0.1, 0.15) is 32.6 Å². The summed E-state index contributed by atoms with van der Waals surface area (Å²) >= 11 is 0. The number of aromatic nitrogens is 2. The smallest absolute Gasteiger partial charge is 0.416 e. The number of fused-ring (bicyclic) bond motifs is 1. The predicted molar refractivity (Wildman–Crippen MR) is 112 cm³/mol. The standard InChI is InChI=1S/C23H21F3N4O2/c1-32-22-27-11-15(12-28-22)13-30-9-8-16-4-7-20(10-18(16)14-30)29-21(31)17-2-5-19(6-3-17)23(24,25)26/h2-7,10-12H,8-9,13-14H2,1H3,(H,29,31). The number of alkyl halides is 3. The number of hydrogen-bond acceptors (Lipinski definition) is 5. The average molecular weight is 442 g/mol. The van der Waals surface area contributed by atoms with Crippen molar-refractivity contribution in [3.63, 3.8) is 0 Å². The number of carbonyl (C=O) groups is 1. The number of rotatable bonds is 5. The molecule has 1 N–H and O–H groups in total. The molecule has 0 radical (unpaired) electrons. The van der Waals surface area contributed by atoms with Gasteiger partial charge in [-0.2, -0.15) is 13.2 Å². The lowest BCUT2D eigenvalue weighted by Gasteiger charge is -2.29. The summed E-state index contributed by atoms with van der Waals surface area (Å²) in [7, 11) is 1.52. The van der Waals surface area contributed by atoms with Crippen molar-refractivity contribution < 1.29 is 22.7 Å². The van der Waals surface area contributed by atoms with Crippen LogP contribution in [0.5, 0.6) is 6.01 Å². The van der Waals surface area contributed by atoms with Crippen LogP contribution in [0.25, 0.3) is 0 Å². The topological polar surface area (TPSA) is 67.3 Å². The van der Waals surface area contributed by atoms with Crippen LogP contribution in [-0.2, 0) is 25.7 Å². The summed E-state index contributed by atoms with van der Waals surface area (Å²) in [4.78, 5) is 23.0. The van der Waals surface area contributed by atoms with E-state index in [-0.39, 0.29) is 5.56 Å². The Hall–Kier alpha value is -3.46. The normalized spacial score (nSPS) is 14.0. The highest BCUT2D eigenvalue weighted by Crippen LogP contribution is 2.29. The number of anilines is 1. The first-order valence-electron chi connectivity index (χ1n) is 9.99. The van der Waals surface area contributed by atoms with Gasteiger partial charge in [0.05, 0.1) is 12.7 Å². The zero-order chi connectivity index (χ0) is 22.7. The molecule has 0 unspecified atom stereocenters. The molecule has 0 bridgehead atoms. The summed E-state index contributed by atoms with van der Waals surface area (Å²) in [5, 5.41) is 2.77. The first-order chi connectivity index (χ1) is 15.3.